The number of ether oxygens (including phenoxy) is 1. The Hall–Kier alpha value is -1.26. The second-order valence-electron chi connectivity index (χ2n) is 3.53. The van der Waals surface area contributed by atoms with Gasteiger partial charge in [0.25, 0.3) is 0 Å². The minimum absolute atomic E-state index is 0.0641. The molecule has 5 nitrogen and oxygen atoms in total. The molecule has 0 radical (unpaired) electrons. The van der Waals surface area contributed by atoms with Crippen LogP contribution < -0.4 is 10.6 Å². The highest BCUT2D eigenvalue weighted by Gasteiger charge is 2.15. The molecule has 0 unspecified atom stereocenters. The molecule has 0 saturated carbocycles. The highest BCUT2D eigenvalue weighted by molar-refractivity contribution is 5.81. The average molecular weight is 188 g/mol. The largest absolute Gasteiger partial charge is 0.444 e. The first-order valence-electron chi connectivity index (χ1n) is 4.02. The van der Waals surface area contributed by atoms with Gasteiger partial charge in [-0.25, -0.2) is 4.79 Å². The summed E-state index contributed by atoms with van der Waals surface area (Å²) in [6.45, 7) is 5.21. The normalized spacial score (nSPS) is 10.5. The van der Waals surface area contributed by atoms with Crippen molar-refractivity contribution in [2.45, 2.75) is 26.4 Å². The van der Waals surface area contributed by atoms with Gasteiger partial charge >= 0.3 is 6.09 Å². The van der Waals surface area contributed by atoms with Gasteiger partial charge in [0.05, 0.1) is 6.54 Å². The fourth-order valence-corrected chi connectivity index (χ4v) is 0.555. The van der Waals surface area contributed by atoms with Gasteiger partial charge in [0.1, 0.15) is 5.60 Å². The molecule has 0 saturated heterocycles. The van der Waals surface area contributed by atoms with E-state index in [2.05, 4.69) is 10.6 Å². The first kappa shape index (κ1) is 11.7. The molecule has 0 aliphatic heterocycles. The van der Waals surface area contributed by atoms with Crippen LogP contribution in [0, 0.1) is 0 Å². The standard InChI is InChI=1S/C8H16N2O3/c1-8(2,3)13-7(12)10-5-6(11)9-4/h5H2,1-4H3,(H,9,11)(H,10,12). The molecule has 76 valence electrons. The highest BCUT2D eigenvalue weighted by atomic mass is 16.6. The molecule has 0 aromatic heterocycles. The van der Waals surface area contributed by atoms with Crippen molar-refractivity contribution in [1.29, 1.82) is 0 Å². The average Bonchev–Trinajstić information content (AvgIpc) is 1.97. The maximum absolute atomic E-state index is 11.0. The Balaban J connectivity index is 3.71. The molecule has 0 atom stereocenters. The molecule has 0 aliphatic carbocycles. The first-order chi connectivity index (χ1) is 5.85. The van der Waals surface area contributed by atoms with Gasteiger partial charge in [-0.3, -0.25) is 4.79 Å². The molecule has 0 fully saturated rings. The van der Waals surface area contributed by atoms with E-state index in [9.17, 15) is 9.59 Å². The van der Waals surface area contributed by atoms with Gasteiger partial charge in [-0.05, 0) is 20.8 Å². The predicted molar refractivity (Wildman–Crippen MR) is 48.3 cm³/mol. The number of hydrogen-bond acceptors (Lipinski definition) is 3. The van der Waals surface area contributed by atoms with Gasteiger partial charge in [-0.1, -0.05) is 0 Å². The lowest BCUT2D eigenvalue weighted by atomic mass is 10.2. The summed E-state index contributed by atoms with van der Waals surface area (Å²) in [6.07, 6.45) is -0.587. The zero-order chi connectivity index (χ0) is 10.5. The third-order valence-electron chi connectivity index (χ3n) is 1.07. The molecule has 2 amide bonds. The van der Waals surface area contributed by atoms with E-state index in [0.29, 0.717) is 0 Å². The summed E-state index contributed by atoms with van der Waals surface area (Å²) in [4.78, 5) is 21.7. The van der Waals surface area contributed by atoms with Crippen LogP contribution in [0.25, 0.3) is 0 Å². The third-order valence-corrected chi connectivity index (χ3v) is 1.07. The SMILES string of the molecule is CNC(=O)CNC(=O)OC(C)(C)C. The van der Waals surface area contributed by atoms with E-state index >= 15 is 0 Å². The lowest BCUT2D eigenvalue weighted by Gasteiger charge is -2.19. The number of carbonyl (C=O) groups excluding carboxylic acids is 2. The molecule has 0 rings (SSSR count). The van der Waals surface area contributed by atoms with Crippen molar-refractivity contribution < 1.29 is 14.3 Å². The van der Waals surface area contributed by atoms with Crippen LogP contribution in [-0.4, -0.2) is 31.2 Å². The van der Waals surface area contributed by atoms with Gasteiger partial charge < -0.3 is 15.4 Å². The van der Waals surface area contributed by atoms with Gasteiger partial charge in [0.15, 0.2) is 0 Å². The van der Waals surface area contributed by atoms with E-state index in [1.165, 1.54) is 7.05 Å². The zero-order valence-electron chi connectivity index (χ0n) is 8.43. The number of amides is 2. The van der Waals surface area contributed by atoms with Crippen LogP contribution in [-0.2, 0) is 9.53 Å². The summed E-state index contributed by atoms with van der Waals surface area (Å²) in [7, 11) is 1.50. The summed E-state index contributed by atoms with van der Waals surface area (Å²) in [5.74, 6) is -0.258. The quantitative estimate of drug-likeness (QED) is 0.653. The van der Waals surface area contributed by atoms with Crippen LogP contribution in [0.15, 0.2) is 0 Å². The fourth-order valence-electron chi connectivity index (χ4n) is 0.555. The van der Waals surface area contributed by atoms with Crippen LogP contribution in [0.4, 0.5) is 4.79 Å². The monoisotopic (exact) mass is 188 g/mol. The number of alkyl carbamates (subject to hydrolysis) is 1. The number of rotatable bonds is 2. The molecule has 0 heterocycles. The molecule has 5 heteroatoms. The van der Waals surface area contributed by atoms with Crippen LogP contribution >= 0.6 is 0 Å². The summed E-state index contributed by atoms with van der Waals surface area (Å²) >= 11 is 0. The minimum atomic E-state index is -0.587. The Kier molecular flexibility index (Phi) is 4.23. The lowest BCUT2D eigenvalue weighted by Crippen LogP contribution is -2.38. The molecule has 0 spiro atoms. The number of nitrogens with one attached hydrogen (secondary N) is 2. The van der Waals surface area contributed by atoms with E-state index in [1.807, 2.05) is 0 Å². The van der Waals surface area contributed by atoms with Crippen LogP contribution in [0.5, 0.6) is 0 Å². The second kappa shape index (κ2) is 4.69. The van der Waals surface area contributed by atoms with Crippen molar-refractivity contribution in [3.8, 4) is 0 Å². The van der Waals surface area contributed by atoms with Crippen molar-refractivity contribution in [1.82, 2.24) is 10.6 Å². The van der Waals surface area contributed by atoms with Gasteiger partial charge in [-0.2, -0.15) is 0 Å². The Morgan fingerprint density at radius 2 is 1.85 bits per heavy atom. The molecule has 0 aromatic rings. The van der Waals surface area contributed by atoms with E-state index in [-0.39, 0.29) is 12.5 Å². The fraction of sp³-hybridized carbons (Fsp3) is 0.750. The first-order valence-corrected chi connectivity index (χ1v) is 4.02. The topological polar surface area (TPSA) is 67.4 Å². The smallest absolute Gasteiger partial charge is 0.408 e. The maximum atomic E-state index is 11.0. The van der Waals surface area contributed by atoms with Crippen LogP contribution in [0.2, 0.25) is 0 Å². The summed E-state index contributed by atoms with van der Waals surface area (Å²) in [5.41, 5.74) is -0.535. The minimum Gasteiger partial charge on any atom is -0.444 e. The number of hydrogen-bond donors (Lipinski definition) is 2. The predicted octanol–water partition coefficient (Wildman–Crippen LogP) is 0.257. The van der Waals surface area contributed by atoms with Crippen molar-refractivity contribution in [2.75, 3.05) is 13.6 Å². The molecular formula is C8H16N2O3. The van der Waals surface area contributed by atoms with Crippen LogP contribution in [0.3, 0.4) is 0 Å². The molecule has 0 aliphatic rings. The zero-order valence-corrected chi connectivity index (χ0v) is 8.43. The van der Waals surface area contributed by atoms with E-state index in [0.717, 1.165) is 0 Å². The molecule has 13 heavy (non-hydrogen) atoms. The van der Waals surface area contributed by atoms with Gasteiger partial charge in [-0.15, -0.1) is 0 Å². The Morgan fingerprint density at radius 3 is 2.23 bits per heavy atom. The van der Waals surface area contributed by atoms with Crippen molar-refractivity contribution in [2.24, 2.45) is 0 Å². The Bertz CT molecular complexity index is 196. The Labute approximate surface area is 77.8 Å². The van der Waals surface area contributed by atoms with E-state index < -0.39 is 11.7 Å². The highest BCUT2D eigenvalue weighted by Crippen LogP contribution is 2.05. The van der Waals surface area contributed by atoms with Gasteiger partial charge in [0, 0.05) is 7.05 Å². The number of carbonyl (C=O) groups is 2. The summed E-state index contributed by atoms with van der Waals surface area (Å²) < 4.78 is 4.90. The Morgan fingerprint density at radius 1 is 1.31 bits per heavy atom. The lowest BCUT2D eigenvalue weighted by molar-refractivity contribution is -0.119. The second-order valence-corrected chi connectivity index (χ2v) is 3.53. The van der Waals surface area contributed by atoms with Crippen molar-refractivity contribution in [3.63, 3.8) is 0 Å². The maximum Gasteiger partial charge on any atom is 0.408 e. The summed E-state index contributed by atoms with van der Waals surface area (Å²) in [6, 6.07) is 0. The molecule has 0 aromatic carbocycles. The van der Waals surface area contributed by atoms with E-state index in [4.69, 9.17) is 4.74 Å². The van der Waals surface area contributed by atoms with Crippen LogP contribution in [0.1, 0.15) is 20.8 Å². The van der Waals surface area contributed by atoms with Crippen molar-refractivity contribution in [3.05, 3.63) is 0 Å². The van der Waals surface area contributed by atoms with Crippen molar-refractivity contribution >= 4 is 12.0 Å². The number of likely N-dealkylation sites (N-methyl/N-ethyl adjacent to an activating group) is 1. The molecule has 2 N–H and O–H groups in total. The van der Waals surface area contributed by atoms with Gasteiger partial charge in [0.2, 0.25) is 5.91 Å². The summed E-state index contributed by atoms with van der Waals surface area (Å²) in [5, 5.41) is 4.69. The molecule has 0 bridgehead atoms. The molecular weight excluding hydrogens is 172 g/mol. The van der Waals surface area contributed by atoms with E-state index in [1.54, 1.807) is 20.8 Å². The third kappa shape index (κ3) is 7.11.